The number of hydrogen-bond acceptors (Lipinski definition) is 3. The van der Waals surface area contributed by atoms with Crippen molar-refractivity contribution < 1.29 is 9.53 Å². The molecule has 3 nitrogen and oxygen atoms in total. The van der Waals surface area contributed by atoms with Crippen LogP contribution in [0.2, 0.25) is 0 Å². The third kappa shape index (κ3) is 2.56. The van der Waals surface area contributed by atoms with Crippen LogP contribution in [-0.2, 0) is 0 Å². The highest BCUT2D eigenvalue weighted by Crippen LogP contribution is 2.26. The Hall–Kier alpha value is -1.35. The summed E-state index contributed by atoms with van der Waals surface area (Å²) in [4.78, 5) is 12.5. The van der Waals surface area contributed by atoms with Gasteiger partial charge in [-0.1, -0.05) is 13.8 Å². The third-order valence-electron chi connectivity index (χ3n) is 3.70. The van der Waals surface area contributed by atoms with Gasteiger partial charge in [-0.25, -0.2) is 0 Å². The second-order valence-corrected chi connectivity index (χ2v) is 4.83. The molecule has 0 aliphatic heterocycles. The van der Waals surface area contributed by atoms with Crippen molar-refractivity contribution in [1.29, 1.82) is 0 Å². The van der Waals surface area contributed by atoms with E-state index in [0.717, 1.165) is 16.9 Å². The molecular weight excluding hydrogens is 226 g/mol. The van der Waals surface area contributed by atoms with Gasteiger partial charge in [0.2, 0.25) is 0 Å². The number of methoxy groups -OCH3 is 1. The molecule has 100 valence electrons. The van der Waals surface area contributed by atoms with Gasteiger partial charge < -0.3 is 10.5 Å². The topological polar surface area (TPSA) is 52.3 Å². The van der Waals surface area contributed by atoms with E-state index in [0.29, 0.717) is 18.4 Å². The number of carbonyl (C=O) groups excluding carboxylic acids is 1. The highest BCUT2D eigenvalue weighted by Gasteiger charge is 2.31. The summed E-state index contributed by atoms with van der Waals surface area (Å²) < 4.78 is 5.26. The molecule has 0 aliphatic carbocycles. The van der Waals surface area contributed by atoms with E-state index < -0.39 is 5.54 Å². The van der Waals surface area contributed by atoms with Crippen LogP contribution in [0.1, 0.15) is 48.2 Å². The first-order valence-electron chi connectivity index (χ1n) is 6.38. The van der Waals surface area contributed by atoms with E-state index in [2.05, 4.69) is 0 Å². The van der Waals surface area contributed by atoms with Crippen molar-refractivity contribution in [3.8, 4) is 5.75 Å². The van der Waals surface area contributed by atoms with Crippen LogP contribution in [0, 0.1) is 13.8 Å². The van der Waals surface area contributed by atoms with Gasteiger partial charge in [0.15, 0.2) is 5.78 Å². The standard InChI is InChI=1S/C15H23NO2/c1-6-15(16,7-2)14(17)12-8-11(4)13(18-5)9-10(12)3/h8-9H,6-7,16H2,1-5H3. The van der Waals surface area contributed by atoms with Gasteiger partial charge in [0.1, 0.15) is 5.75 Å². The molecule has 0 saturated carbocycles. The van der Waals surface area contributed by atoms with Gasteiger partial charge in [0.05, 0.1) is 12.6 Å². The summed E-state index contributed by atoms with van der Waals surface area (Å²) in [5.74, 6) is 0.829. The molecule has 0 heterocycles. The molecule has 1 aromatic rings. The first-order valence-corrected chi connectivity index (χ1v) is 6.38. The molecule has 2 N–H and O–H groups in total. The molecule has 0 aromatic heterocycles. The second-order valence-electron chi connectivity index (χ2n) is 4.83. The number of aryl methyl sites for hydroxylation is 2. The molecule has 0 spiro atoms. The average Bonchev–Trinajstić information content (AvgIpc) is 2.39. The SMILES string of the molecule is CCC(N)(CC)C(=O)c1cc(C)c(OC)cc1C. The molecule has 0 radical (unpaired) electrons. The first-order chi connectivity index (χ1) is 8.39. The van der Waals surface area contributed by atoms with Crippen LogP contribution in [0.15, 0.2) is 12.1 Å². The van der Waals surface area contributed by atoms with Crippen molar-refractivity contribution in [3.63, 3.8) is 0 Å². The summed E-state index contributed by atoms with van der Waals surface area (Å²) in [5, 5.41) is 0. The van der Waals surface area contributed by atoms with Crippen molar-refractivity contribution >= 4 is 5.78 Å². The van der Waals surface area contributed by atoms with E-state index in [1.165, 1.54) is 0 Å². The molecule has 18 heavy (non-hydrogen) atoms. The molecule has 1 aromatic carbocycles. The largest absolute Gasteiger partial charge is 0.496 e. The Morgan fingerprint density at radius 3 is 2.22 bits per heavy atom. The molecule has 0 aliphatic rings. The first kappa shape index (κ1) is 14.7. The Morgan fingerprint density at radius 1 is 1.22 bits per heavy atom. The van der Waals surface area contributed by atoms with Crippen LogP contribution in [0.25, 0.3) is 0 Å². The average molecular weight is 249 g/mol. The lowest BCUT2D eigenvalue weighted by Gasteiger charge is -2.26. The number of carbonyl (C=O) groups is 1. The summed E-state index contributed by atoms with van der Waals surface area (Å²) in [7, 11) is 1.63. The van der Waals surface area contributed by atoms with Gasteiger partial charge in [0, 0.05) is 5.56 Å². The third-order valence-corrected chi connectivity index (χ3v) is 3.70. The van der Waals surface area contributed by atoms with E-state index in [9.17, 15) is 4.79 Å². The number of benzene rings is 1. The monoisotopic (exact) mass is 249 g/mol. The highest BCUT2D eigenvalue weighted by atomic mass is 16.5. The van der Waals surface area contributed by atoms with Gasteiger partial charge in [-0.15, -0.1) is 0 Å². The maximum Gasteiger partial charge on any atom is 0.182 e. The van der Waals surface area contributed by atoms with Crippen LogP contribution in [0.5, 0.6) is 5.75 Å². The van der Waals surface area contributed by atoms with Crippen LogP contribution in [0.3, 0.4) is 0 Å². The van der Waals surface area contributed by atoms with Gasteiger partial charge in [-0.2, -0.15) is 0 Å². The normalized spacial score (nSPS) is 11.4. The minimum absolute atomic E-state index is 0.0238. The van der Waals surface area contributed by atoms with Crippen LogP contribution in [0.4, 0.5) is 0 Å². The summed E-state index contributed by atoms with van der Waals surface area (Å²) in [6, 6.07) is 3.78. The minimum Gasteiger partial charge on any atom is -0.496 e. The number of ketones is 1. The van der Waals surface area contributed by atoms with E-state index in [1.54, 1.807) is 7.11 Å². The predicted octanol–water partition coefficient (Wildman–Crippen LogP) is 3.01. The van der Waals surface area contributed by atoms with Gasteiger partial charge in [-0.05, 0) is 49.9 Å². The van der Waals surface area contributed by atoms with E-state index >= 15 is 0 Å². The number of ether oxygens (including phenoxy) is 1. The lowest BCUT2D eigenvalue weighted by molar-refractivity contribution is 0.0879. The van der Waals surface area contributed by atoms with Crippen LogP contribution < -0.4 is 10.5 Å². The summed E-state index contributed by atoms with van der Waals surface area (Å²) in [6.07, 6.45) is 1.29. The van der Waals surface area contributed by atoms with E-state index in [-0.39, 0.29) is 5.78 Å². The summed E-state index contributed by atoms with van der Waals surface area (Å²) >= 11 is 0. The molecule has 3 heteroatoms. The Labute approximate surface area is 109 Å². The Bertz CT molecular complexity index is 448. The lowest BCUT2D eigenvalue weighted by atomic mass is 9.83. The zero-order valence-electron chi connectivity index (χ0n) is 12.0. The minimum atomic E-state index is -0.758. The van der Waals surface area contributed by atoms with E-state index in [1.807, 2.05) is 39.8 Å². The molecule has 0 saturated heterocycles. The fourth-order valence-corrected chi connectivity index (χ4v) is 2.09. The number of hydrogen-bond donors (Lipinski definition) is 1. The van der Waals surface area contributed by atoms with Gasteiger partial charge >= 0.3 is 0 Å². The fourth-order valence-electron chi connectivity index (χ4n) is 2.09. The van der Waals surface area contributed by atoms with Gasteiger partial charge in [0.25, 0.3) is 0 Å². The molecule has 0 fully saturated rings. The Morgan fingerprint density at radius 2 is 1.78 bits per heavy atom. The number of Topliss-reactive ketones (excluding diaryl/α,β-unsaturated/α-hetero) is 1. The van der Waals surface area contributed by atoms with Crippen molar-refractivity contribution in [3.05, 3.63) is 28.8 Å². The molecule has 1 rings (SSSR count). The second kappa shape index (κ2) is 5.53. The van der Waals surface area contributed by atoms with Crippen LogP contribution in [-0.4, -0.2) is 18.4 Å². The zero-order valence-corrected chi connectivity index (χ0v) is 12.0. The lowest BCUT2D eigenvalue weighted by Crippen LogP contribution is -2.47. The number of rotatable bonds is 5. The molecule has 0 amide bonds. The van der Waals surface area contributed by atoms with Crippen molar-refractivity contribution in [2.45, 2.75) is 46.1 Å². The molecule has 0 unspecified atom stereocenters. The number of nitrogens with two attached hydrogens (primary N) is 1. The predicted molar refractivity (Wildman–Crippen MR) is 74.3 cm³/mol. The molecule has 0 bridgehead atoms. The fraction of sp³-hybridized carbons (Fsp3) is 0.533. The Kier molecular flexibility index (Phi) is 4.52. The summed E-state index contributed by atoms with van der Waals surface area (Å²) in [5.41, 5.74) is 8.01. The smallest absolute Gasteiger partial charge is 0.182 e. The van der Waals surface area contributed by atoms with E-state index in [4.69, 9.17) is 10.5 Å². The quantitative estimate of drug-likeness (QED) is 0.816. The summed E-state index contributed by atoms with van der Waals surface area (Å²) in [6.45, 7) is 7.76. The maximum absolute atomic E-state index is 12.5. The van der Waals surface area contributed by atoms with Crippen molar-refractivity contribution in [2.24, 2.45) is 5.73 Å². The van der Waals surface area contributed by atoms with Crippen molar-refractivity contribution in [2.75, 3.05) is 7.11 Å². The van der Waals surface area contributed by atoms with Crippen molar-refractivity contribution in [1.82, 2.24) is 0 Å². The maximum atomic E-state index is 12.5. The highest BCUT2D eigenvalue weighted by molar-refractivity contribution is 6.04. The molecule has 0 atom stereocenters. The Balaban J connectivity index is 3.26. The van der Waals surface area contributed by atoms with Crippen LogP contribution >= 0.6 is 0 Å². The zero-order chi connectivity index (χ0) is 13.9. The van der Waals surface area contributed by atoms with Gasteiger partial charge in [-0.3, -0.25) is 4.79 Å². The molecular formula is C15H23NO2.